The van der Waals surface area contributed by atoms with Crippen molar-refractivity contribution in [2.24, 2.45) is 0 Å². The molecule has 1 aliphatic heterocycles. The van der Waals surface area contributed by atoms with Crippen molar-refractivity contribution in [3.8, 4) is 0 Å². The fourth-order valence-electron chi connectivity index (χ4n) is 2.31. The number of carboxylic acid groups (broad SMARTS) is 1. The Labute approximate surface area is 130 Å². The van der Waals surface area contributed by atoms with Gasteiger partial charge in [-0.25, -0.2) is 4.79 Å². The van der Waals surface area contributed by atoms with Gasteiger partial charge < -0.3 is 14.9 Å². The van der Waals surface area contributed by atoms with E-state index in [2.05, 4.69) is 0 Å². The first-order chi connectivity index (χ1) is 10.8. The Morgan fingerprint density at radius 2 is 1.74 bits per heavy atom. The van der Waals surface area contributed by atoms with E-state index in [1.807, 2.05) is 0 Å². The molecule has 5 nitrogen and oxygen atoms in total. The van der Waals surface area contributed by atoms with Gasteiger partial charge in [0.2, 0.25) is 5.91 Å². The van der Waals surface area contributed by atoms with Gasteiger partial charge in [0.1, 0.15) is 0 Å². The Morgan fingerprint density at radius 3 is 2.30 bits per heavy atom. The second kappa shape index (κ2) is 6.72. The molecule has 0 aliphatic carbocycles. The molecule has 1 aromatic rings. The number of piperazine rings is 1. The Hall–Kier alpha value is -2.51. The van der Waals surface area contributed by atoms with E-state index in [0.717, 1.165) is 24.3 Å². The fraction of sp³-hybridized carbons (Fsp3) is 0.333. The molecule has 23 heavy (non-hydrogen) atoms. The van der Waals surface area contributed by atoms with Crippen LogP contribution in [-0.4, -0.2) is 48.1 Å². The normalized spacial score (nSPS) is 16.0. The molecule has 0 aromatic heterocycles. The van der Waals surface area contributed by atoms with Crippen molar-refractivity contribution >= 4 is 17.6 Å². The van der Waals surface area contributed by atoms with Gasteiger partial charge in [-0.1, -0.05) is 6.07 Å². The maximum Gasteiger partial charge on any atom is 0.416 e. The summed E-state index contributed by atoms with van der Waals surface area (Å²) in [6.07, 6.45) is -2.65. The number of nitrogens with zero attached hydrogens (tertiary/aromatic N) is 2. The predicted molar refractivity (Wildman–Crippen MR) is 77.0 cm³/mol. The minimum absolute atomic E-state index is 0.318. The molecule has 0 bridgehead atoms. The van der Waals surface area contributed by atoms with E-state index in [1.165, 1.54) is 11.0 Å². The molecular weight excluding hydrogens is 313 g/mol. The molecule has 2 rings (SSSR count). The molecule has 1 heterocycles. The number of alkyl halides is 3. The number of carboxylic acids is 1. The highest BCUT2D eigenvalue weighted by Gasteiger charge is 2.31. The maximum atomic E-state index is 12.7. The van der Waals surface area contributed by atoms with Crippen LogP contribution >= 0.6 is 0 Å². The van der Waals surface area contributed by atoms with Crippen molar-refractivity contribution in [1.29, 1.82) is 0 Å². The smallest absolute Gasteiger partial charge is 0.416 e. The molecule has 8 heteroatoms. The summed E-state index contributed by atoms with van der Waals surface area (Å²) in [4.78, 5) is 25.3. The van der Waals surface area contributed by atoms with Gasteiger partial charge in [-0.05, 0) is 18.2 Å². The van der Waals surface area contributed by atoms with Gasteiger partial charge in [-0.2, -0.15) is 13.2 Å². The van der Waals surface area contributed by atoms with Crippen LogP contribution in [0.15, 0.2) is 36.4 Å². The highest BCUT2D eigenvalue weighted by atomic mass is 19.4. The van der Waals surface area contributed by atoms with Crippen molar-refractivity contribution in [2.45, 2.75) is 6.18 Å². The maximum absolute atomic E-state index is 12.7. The van der Waals surface area contributed by atoms with Gasteiger partial charge in [0, 0.05) is 44.0 Å². The first-order valence-electron chi connectivity index (χ1n) is 6.89. The van der Waals surface area contributed by atoms with Crippen LogP contribution in [0.4, 0.5) is 18.9 Å². The number of rotatable bonds is 3. The lowest BCUT2D eigenvalue weighted by atomic mass is 10.1. The monoisotopic (exact) mass is 328 g/mol. The third-order valence-electron chi connectivity index (χ3n) is 3.50. The molecule has 1 saturated heterocycles. The van der Waals surface area contributed by atoms with Gasteiger partial charge in [-0.15, -0.1) is 0 Å². The Bertz CT molecular complexity index is 621. The van der Waals surface area contributed by atoms with Crippen LogP contribution in [0.25, 0.3) is 0 Å². The summed E-state index contributed by atoms with van der Waals surface area (Å²) in [6, 6.07) is 5.05. The van der Waals surface area contributed by atoms with Crippen molar-refractivity contribution in [1.82, 2.24) is 4.90 Å². The number of carbonyl (C=O) groups excluding carboxylic acids is 1. The quantitative estimate of drug-likeness (QED) is 0.862. The molecule has 1 aromatic carbocycles. The van der Waals surface area contributed by atoms with Gasteiger partial charge in [-0.3, -0.25) is 4.79 Å². The zero-order valence-corrected chi connectivity index (χ0v) is 12.1. The minimum atomic E-state index is -4.39. The topological polar surface area (TPSA) is 60.9 Å². The summed E-state index contributed by atoms with van der Waals surface area (Å²) in [6.45, 7) is 1.40. The minimum Gasteiger partial charge on any atom is -0.478 e. The lowest BCUT2D eigenvalue weighted by molar-refractivity contribution is -0.137. The third-order valence-corrected chi connectivity index (χ3v) is 3.50. The van der Waals surface area contributed by atoms with Crippen LogP contribution in [0, 0.1) is 0 Å². The molecule has 0 spiro atoms. The number of hydrogen-bond donors (Lipinski definition) is 1. The van der Waals surface area contributed by atoms with E-state index in [1.54, 1.807) is 11.0 Å². The van der Waals surface area contributed by atoms with Crippen molar-refractivity contribution in [3.05, 3.63) is 42.0 Å². The molecule has 0 atom stereocenters. The first kappa shape index (κ1) is 16.9. The van der Waals surface area contributed by atoms with Gasteiger partial charge in [0.25, 0.3) is 0 Å². The molecular formula is C15H15F3N2O3. The number of amides is 1. The molecule has 0 saturated carbocycles. The number of carbonyl (C=O) groups is 2. The molecule has 0 unspecified atom stereocenters. The van der Waals surface area contributed by atoms with E-state index < -0.39 is 23.6 Å². The van der Waals surface area contributed by atoms with E-state index >= 15 is 0 Å². The summed E-state index contributed by atoms with van der Waals surface area (Å²) in [7, 11) is 0. The lowest BCUT2D eigenvalue weighted by Gasteiger charge is -2.35. The molecule has 0 radical (unpaired) electrons. The number of anilines is 1. The van der Waals surface area contributed by atoms with Crippen LogP contribution in [0.1, 0.15) is 5.56 Å². The van der Waals surface area contributed by atoms with Crippen molar-refractivity contribution in [3.63, 3.8) is 0 Å². The second-order valence-electron chi connectivity index (χ2n) is 5.03. The Kier molecular flexibility index (Phi) is 4.92. The standard InChI is InChI=1S/C15H15F3N2O3/c16-15(17,18)11-2-1-3-12(10-11)19-6-8-20(9-7-19)13(21)4-5-14(22)23/h1-5,10H,6-9H2,(H,22,23)/b5-4+. The van der Waals surface area contributed by atoms with Gasteiger partial charge in [0.15, 0.2) is 0 Å². The Morgan fingerprint density at radius 1 is 1.09 bits per heavy atom. The average Bonchev–Trinajstić information content (AvgIpc) is 2.52. The highest BCUT2D eigenvalue weighted by molar-refractivity contribution is 5.94. The number of benzene rings is 1. The van der Waals surface area contributed by atoms with Crippen molar-refractivity contribution in [2.75, 3.05) is 31.1 Å². The van der Waals surface area contributed by atoms with E-state index in [-0.39, 0.29) is 0 Å². The average molecular weight is 328 g/mol. The fourth-order valence-corrected chi connectivity index (χ4v) is 2.31. The third kappa shape index (κ3) is 4.48. The molecule has 1 fully saturated rings. The Balaban J connectivity index is 1.99. The van der Waals surface area contributed by atoms with Crippen LogP contribution in [0.3, 0.4) is 0 Å². The zero-order chi connectivity index (χ0) is 17.0. The zero-order valence-electron chi connectivity index (χ0n) is 12.1. The second-order valence-corrected chi connectivity index (χ2v) is 5.03. The highest BCUT2D eigenvalue weighted by Crippen LogP contribution is 2.31. The van der Waals surface area contributed by atoms with Crippen LogP contribution < -0.4 is 4.90 Å². The number of halogens is 3. The summed E-state index contributed by atoms with van der Waals surface area (Å²) >= 11 is 0. The summed E-state index contributed by atoms with van der Waals surface area (Å²) in [5, 5.41) is 8.49. The molecule has 1 amide bonds. The lowest BCUT2D eigenvalue weighted by Crippen LogP contribution is -2.48. The molecule has 124 valence electrons. The molecule has 1 aliphatic rings. The number of hydrogen-bond acceptors (Lipinski definition) is 3. The predicted octanol–water partition coefficient (Wildman–Crippen LogP) is 1.99. The van der Waals surface area contributed by atoms with E-state index in [0.29, 0.717) is 31.9 Å². The van der Waals surface area contributed by atoms with E-state index in [9.17, 15) is 22.8 Å². The van der Waals surface area contributed by atoms with Crippen LogP contribution in [-0.2, 0) is 15.8 Å². The van der Waals surface area contributed by atoms with E-state index in [4.69, 9.17) is 5.11 Å². The van der Waals surface area contributed by atoms with Crippen LogP contribution in [0.2, 0.25) is 0 Å². The molecule has 1 N–H and O–H groups in total. The largest absolute Gasteiger partial charge is 0.478 e. The van der Waals surface area contributed by atoms with Gasteiger partial charge in [0.05, 0.1) is 5.56 Å². The number of aliphatic carboxylic acids is 1. The summed E-state index contributed by atoms with van der Waals surface area (Å²) < 4.78 is 38.2. The summed E-state index contributed by atoms with van der Waals surface area (Å²) in [5.74, 6) is -1.63. The van der Waals surface area contributed by atoms with Crippen molar-refractivity contribution < 1.29 is 27.9 Å². The van der Waals surface area contributed by atoms with Crippen LogP contribution in [0.5, 0.6) is 0 Å². The summed E-state index contributed by atoms with van der Waals surface area (Å²) in [5.41, 5.74) is -0.258. The first-order valence-corrected chi connectivity index (χ1v) is 6.89. The van der Waals surface area contributed by atoms with Gasteiger partial charge >= 0.3 is 12.1 Å². The SMILES string of the molecule is O=C(O)/C=C/C(=O)N1CCN(c2cccc(C(F)(F)F)c2)CC1.